The molecule has 0 saturated carbocycles. The molecule has 15 heavy (non-hydrogen) atoms. The molecule has 0 saturated heterocycles. The van der Waals surface area contributed by atoms with Gasteiger partial charge in [-0.15, -0.1) is 0 Å². The molecule has 1 unspecified atom stereocenters. The quantitative estimate of drug-likeness (QED) is 0.769. The Hall–Kier alpha value is -1.71. The molecule has 1 heterocycles. The first-order valence-electron chi connectivity index (χ1n) is 4.88. The molecular weight excluding hydrogens is 196 g/mol. The zero-order valence-corrected chi connectivity index (χ0v) is 8.77. The summed E-state index contributed by atoms with van der Waals surface area (Å²) in [6.45, 7) is 4.06. The lowest BCUT2D eigenvalue weighted by atomic mass is 10.2. The lowest BCUT2D eigenvalue weighted by Gasteiger charge is -2.23. The summed E-state index contributed by atoms with van der Waals surface area (Å²) in [5.41, 5.74) is 0. The smallest absolute Gasteiger partial charge is 0.348 e. The van der Waals surface area contributed by atoms with E-state index in [1.807, 2.05) is 19.9 Å². The highest BCUT2D eigenvalue weighted by Crippen LogP contribution is 2.30. The summed E-state index contributed by atoms with van der Waals surface area (Å²) in [5.74, 6) is 0.0793. The monoisotopic (exact) mass is 210 g/mol. The van der Waals surface area contributed by atoms with Gasteiger partial charge in [0.05, 0.1) is 0 Å². The van der Waals surface area contributed by atoms with Gasteiger partial charge in [0.15, 0.2) is 11.5 Å². The highest BCUT2D eigenvalue weighted by molar-refractivity contribution is 5.73. The van der Waals surface area contributed by atoms with E-state index in [1.165, 1.54) is 0 Å². The van der Waals surface area contributed by atoms with Gasteiger partial charge < -0.3 is 14.6 Å². The van der Waals surface area contributed by atoms with Crippen molar-refractivity contribution < 1.29 is 19.4 Å². The Balaban J connectivity index is 0.000000531. The van der Waals surface area contributed by atoms with Crippen LogP contribution in [-0.2, 0) is 4.79 Å². The van der Waals surface area contributed by atoms with Crippen LogP contribution in [0, 0.1) is 0 Å². The summed E-state index contributed by atoms with van der Waals surface area (Å²) in [6.07, 6.45) is -0.894. The molecule has 0 amide bonds. The standard InChI is InChI=1S/C9H8O4.C2H6/c10-9(11)8-5-12-6-3-1-2-4-7(6)13-8;1-2/h1-4,8H,5H2,(H,10,11);1-2H3. The maximum atomic E-state index is 10.6. The van der Waals surface area contributed by atoms with Crippen LogP contribution in [0.4, 0.5) is 0 Å². The Morgan fingerprint density at radius 2 is 1.93 bits per heavy atom. The molecular formula is C11H14O4. The Labute approximate surface area is 88.4 Å². The minimum atomic E-state index is -1.01. The fraction of sp³-hybridized carbons (Fsp3) is 0.364. The van der Waals surface area contributed by atoms with Crippen LogP contribution in [-0.4, -0.2) is 23.8 Å². The van der Waals surface area contributed by atoms with E-state index in [0.29, 0.717) is 11.5 Å². The summed E-state index contributed by atoms with van der Waals surface area (Å²) < 4.78 is 10.4. The van der Waals surface area contributed by atoms with E-state index in [9.17, 15) is 4.79 Å². The molecule has 1 aliphatic heterocycles. The molecule has 1 aromatic carbocycles. The fourth-order valence-electron chi connectivity index (χ4n) is 1.14. The van der Waals surface area contributed by atoms with Crippen LogP contribution < -0.4 is 9.47 Å². The first kappa shape index (κ1) is 11.4. The molecule has 1 N–H and O–H groups in total. The molecule has 1 aliphatic rings. The molecule has 1 aromatic rings. The summed E-state index contributed by atoms with van der Waals surface area (Å²) >= 11 is 0. The molecule has 0 fully saturated rings. The third-order valence-corrected chi connectivity index (χ3v) is 1.78. The van der Waals surface area contributed by atoms with Crippen LogP contribution in [0.3, 0.4) is 0 Å². The van der Waals surface area contributed by atoms with Crippen molar-refractivity contribution in [3.05, 3.63) is 24.3 Å². The third kappa shape index (κ3) is 2.62. The normalized spacial score (nSPS) is 17.3. The van der Waals surface area contributed by atoms with Crippen molar-refractivity contribution in [2.75, 3.05) is 6.61 Å². The average molecular weight is 210 g/mol. The van der Waals surface area contributed by atoms with Gasteiger partial charge in [0.1, 0.15) is 6.61 Å². The Kier molecular flexibility index (Phi) is 3.97. The van der Waals surface area contributed by atoms with Gasteiger partial charge >= 0.3 is 5.97 Å². The number of aliphatic carboxylic acids is 1. The lowest BCUT2D eigenvalue weighted by molar-refractivity contribution is -0.147. The van der Waals surface area contributed by atoms with Gasteiger partial charge in [0.25, 0.3) is 0 Å². The van der Waals surface area contributed by atoms with Crippen molar-refractivity contribution in [1.82, 2.24) is 0 Å². The zero-order valence-electron chi connectivity index (χ0n) is 8.77. The van der Waals surface area contributed by atoms with E-state index in [0.717, 1.165) is 0 Å². The maximum Gasteiger partial charge on any atom is 0.348 e. The number of ether oxygens (including phenoxy) is 2. The van der Waals surface area contributed by atoms with Crippen LogP contribution in [0.5, 0.6) is 11.5 Å². The SMILES string of the molecule is CC.O=C(O)C1COc2ccccc2O1. The molecule has 2 rings (SSSR count). The largest absolute Gasteiger partial charge is 0.485 e. The number of benzene rings is 1. The predicted octanol–water partition coefficient (Wildman–Crippen LogP) is 1.94. The first-order chi connectivity index (χ1) is 7.27. The summed E-state index contributed by atoms with van der Waals surface area (Å²) in [4.78, 5) is 10.6. The van der Waals surface area contributed by atoms with Crippen molar-refractivity contribution in [1.29, 1.82) is 0 Å². The number of hydrogen-bond acceptors (Lipinski definition) is 3. The topological polar surface area (TPSA) is 55.8 Å². The molecule has 4 heteroatoms. The number of fused-ring (bicyclic) bond motifs is 1. The van der Waals surface area contributed by atoms with Crippen molar-refractivity contribution in [3.63, 3.8) is 0 Å². The Morgan fingerprint density at radius 1 is 1.33 bits per heavy atom. The average Bonchev–Trinajstić information content (AvgIpc) is 2.31. The lowest BCUT2D eigenvalue weighted by Crippen LogP contribution is -2.36. The maximum absolute atomic E-state index is 10.6. The second-order valence-electron chi connectivity index (χ2n) is 2.70. The van der Waals surface area contributed by atoms with E-state index < -0.39 is 12.1 Å². The molecule has 0 radical (unpaired) electrons. The van der Waals surface area contributed by atoms with Crippen molar-refractivity contribution in [2.24, 2.45) is 0 Å². The molecule has 82 valence electrons. The summed E-state index contributed by atoms with van der Waals surface area (Å²) in [7, 11) is 0. The van der Waals surface area contributed by atoms with E-state index in [1.54, 1.807) is 18.2 Å². The van der Waals surface area contributed by atoms with E-state index in [2.05, 4.69) is 0 Å². The van der Waals surface area contributed by atoms with E-state index in [-0.39, 0.29) is 6.61 Å². The van der Waals surface area contributed by atoms with Crippen molar-refractivity contribution in [2.45, 2.75) is 20.0 Å². The van der Waals surface area contributed by atoms with Crippen LogP contribution in [0.15, 0.2) is 24.3 Å². The van der Waals surface area contributed by atoms with Gasteiger partial charge in [-0.25, -0.2) is 4.79 Å². The van der Waals surface area contributed by atoms with E-state index >= 15 is 0 Å². The first-order valence-corrected chi connectivity index (χ1v) is 4.88. The Morgan fingerprint density at radius 3 is 2.53 bits per heavy atom. The third-order valence-electron chi connectivity index (χ3n) is 1.78. The van der Waals surface area contributed by atoms with Gasteiger partial charge in [-0.2, -0.15) is 0 Å². The molecule has 1 atom stereocenters. The molecule has 0 aromatic heterocycles. The van der Waals surface area contributed by atoms with Gasteiger partial charge in [-0.1, -0.05) is 26.0 Å². The minimum Gasteiger partial charge on any atom is -0.485 e. The number of rotatable bonds is 1. The molecule has 4 nitrogen and oxygen atoms in total. The number of carboxylic acids is 1. The molecule has 0 bridgehead atoms. The second-order valence-corrected chi connectivity index (χ2v) is 2.70. The number of carboxylic acid groups (broad SMARTS) is 1. The zero-order chi connectivity index (χ0) is 11.3. The second kappa shape index (κ2) is 5.24. The van der Waals surface area contributed by atoms with Gasteiger partial charge in [0, 0.05) is 0 Å². The minimum absolute atomic E-state index is 0.0619. The molecule has 0 spiro atoms. The van der Waals surface area contributed by atoms with Crippen LogP contribution in [0.25, 0.3) is 0 Å². The Bertz CT molecular complexity index is 335. The van der Waals surface area contributed by atoms with E-state index in [4.69, 9.17) is 14.6 Å². The highest BCUT2D eigenvalue weighted by Gasteiger charge is 2.26. The summed E-state index contributed by atoms with van der Waals surface area (Å²) in [5, 5.41) is 8.66. The van der Waals surface area contributed by atoms with Crippen LogP contribution in [0.1, 0.15) is 13.8 Å². The van der Waals surface area contributed by atoms with Gasteiger partial charge in [-0.3, -0.25) is 0 Å². The molecule has 0 aliphatic carbocycles. The van der Waals surface area contributed by atoms with Gasteiger partial charge in [-0.05, 0) is 12.1 Å². The van der Waals surface area contributed by atoms with Crippen LogP contribution in [0.2, 0.25) is 0 Å². The van der Waals surface area contributed by atoms with Gasteiger partial charge in [0.2, 0.25) is 6.10 Å². The predicted molar refractivity (Wildman–Crippen MR) is 55.3 cm³/mol. The summed E-state index contributed by atoms with van der Waals surface area (Å²) in [6, 6.07) is 7.01. The number of hydrogen-bond donors (Lipinski definition) is 1. The van der Waals surface area contributed by atoms with Crippen LogP contribution >= 0.6 is 0 Å². The fourth-order valence-corrected chi connectivity index (χ4v) is 1.14. The number of para-hydroxylation sites is 2. The highest BCUT2D eigenvalue weighted by atomic mass is 16.6. The van der Waals surface area contributed by atoms with Crippen molar-refractivity contribution >= 4 is 5.97 Å². The number of carbonyl (C=O) groups is 1. The van der Waals surface area contributed by atoms with Crippen molar-refractivity contribution in [3.8, 4) is 11.5 Å².